The third kappa shape index (κ3) is 7.92. The topological polar surface area (TPSA) is 64.6 Å². The summed E-state index contributed by atoms with van der Waals surface area (Å²) in [5, 5.41) is 2.77. The standard InChI is InChI=1S/C19H29NO4S/c1-13(2)16(18(22)23-6)20-17(21)15(24-25-19(3,4)5)12-14-10-8-7-9-11-14/h7-11,13,15-16H,12H2,1-6H3,(H,20,21)/t15-,16-/m0/s1. The number of methoxy groups -OCH3 is 1. The van der Waals surface area contributed by atoms with Crippen molar-refractivity contribution in [2.45, 2.75) is 57.9 Å². The van der Waals surface area contributed by atoms with Crippen LogP contribution in [0.1, 0.15) is 40.2 Å². The van der Waals surface area contributed by atoms with E-state index in [0.717, 1.165) is 5.56 Å². The first-order valence-electron chi connectivity index (χ1n) is 8.40. The van der Waals surface area contributed by atoms with Gasteiger partial charge in [0.15, 0.2) is 6.10 Å². The van der Waals surface area contributed by atoms with E-state index in [1.807, 2.05) is 65.0 Å². The number of amides is 1. The van der Waals surface area contributed by atoms with Crippen LogP contribution in [-0.2, 0) is 24.9 Å². The van der Waals surface area contributed by atoms with Crippen LogP contribution in [-0.4, -0.2) is 35.9 Å². The smallest absolute Gasteiger partial charge is 0.328 e. The molecule has 1 rings (SSSR count). The maximum Gasteiger partial charge on any atom is 0.328 e. The highest BCUT2D eigenvalue weighted by molar-refractivity contribution is 7.96. The summed E-state index contributed by atoms with van der Waals surface area (Å²) in [5.74, 6) is -0.848. The second-order valence-electron chi connectivity index (χ2n) is 7.22. The number of hydrogen-bond acceptors (Lipinski definition) is 5. The molecule has 0 heterocycles. The van der Waals surface area contributed by atoms with Crippen molar-refractivity contribution >= 4 is 23.9 Å². The van der Waals surface area contributed by atoms with E-state index in [1.165, 1.54) is 19.2 Å². The van der Waals surface area contributed by atoms with E-state index in [2.05, 4.69) is 5.32 Å². The number of nitrogens with one attached hydrogen (secondary N) is 1. The van der Waals surface area contributed by atoms with Gasteiger partial charge in [-0.15, -0.1) is 0 Å². The van der Waals surface area contributed by atoms with Crippen molar-refractivity contribution in [3.8, 4) is 0 Å². The molecule has 140 valence electrons. The van der Waals surface area contributed by atoms with Gasteiger partial charge in [0.05, 0.1) is 7.11 Å². The first kappa shape index (κ1) is 21.5. The Morgan fingerprint density at radius 1 is 1.16 bits per heavy atom. The molecule has 0 unspecified atom stereocenters. The van der Waals surface area contributed by atoms with Gasteiger partial charge in [-0.05, 0) is 44.3 Å². The molecular formula is C19H29NO4S. The fourth-order valence-electron chi connectivity index (χ4n) is 2.07. The number of rotatable bonds is 8. The van der Waals surface area contributed by atoms with Gasteiger partial charge in [0, 0.05) is 11.2 Å². The summed E-state index contributed by atoms with van der Waals surface area (Å²) in [6, 6.07) is 8.98. The zero-order valence-corrected chi connectivity index (χ0v) is 16.7. The molecule has 25 heavy (non-hydrogen) atoms. The third-order valence-corrected chi connectivity index (χ3v) is 4.22. The van der Waals surface area contributed by atoms with E-state index < -0.39 is 18.1 Å². The fraction of sp³-hybridized carbons (Fsp3) is 0.579. The number of ether oxygens (including phenoxy) is 1. The van der Waals surface area contributed by atoms with Crippen LogP contribution in [0, 0.1) is 5.92 Å². The van der Waals surface area contributed by atoms with Gasteiger partial charge in [0.1, 0.15) is 6.04 Å². The Bertz CT molecular complexity index is 554. The van der Waals surface area contributed by atoms with E-state index in [-0.39, 0.29) is 16.6 Å². The molecule has 0 aromatic heterocycles. The van der Waals surface area contributed by atoms with Crippen LogP contribution < -0.4 is 5.32 Å². The van der Waals surface area contributed by atoms with Crippen LogP contribution in [0.4, 0.5) is 0 Å². The molecule has 0 bridgehead atoms. The Kier molecular flexibility index (Phi) is 8.45. The highest BCUT2D eigenvalue weighted by Crippen LogP contribution is 2.27. The highest BCUT2D eigenvalue weighted by atomic mass is 32.2. The lowest BCUT2D eigenvalue weighted by atomic mass is 10.0. The van der Waals surface area contributed by atoms with Crippen LogP contribution in [0.5, 0.6) is 0 Å². The predicted molar refractivity (Wildman–Crippen MR) is 101 cm³/mol. The Hall–Kier alpha value is -1.53. The SMILES string of the molecule is COC(=O)[C@@H](NC(=O)[C@H](Cc1ccccc1)OSC(C)(C)C)C(C)C. The van der Waals surface area contributed by atoms with Gasteiger partial charge < -0.3 is 14.2 Å². The molecule has 0 saturated heterocycles. The number of hydrogen-bond donors (Lipinski definition) is 1. The lowest BCUT2D eigenvalue weighted by Gasteiger charge is -2.25. The third-order valence-electron chi connectivity index (χ3n) is 3.39. The molecule has 1 aromatic carbocycles. The van der Waals surface area contributed by atoms with Gasteiger partial charge in [-0.25, -0.2) is 4.79 Å². The molecule has 0 aliphatic carbocycles. The molecule has 0 fully saturated rings. The van der Waals surface area contributed by atoms with Gasteiger partial charge >= 0.3 is 5.97 Å². The molecule has 0 aliphatic rings. The Labute approximate surface area is 155 Å². The maximum absolute atomic E-state index is 12.7. The van der Waals surface area contributed by atoms with E-state index in [4.69, 9.17) is 8.92 Å². The van der Waals surface area contributed by atoms with Gasteiger partial charge in [-0.1, -0.05) is 44.2 Å². The molecule has 0 aliphatic heterocycles. The zero-order chi connectivity index (χ0) is 19.0. The van der Waals surface area contributed by atoms with Crippen molar-refractivity contribution < 1.29 is 18.5 Å². The predicted octanol–water partition coefficient (Wildman–Crippen LogP) is 3.37. The Balaban J connectivity index is 2.88. The molecule has 1 N–H and O–H groups in total. The van der Waals surface area contributed by atoms with Crippen molar-refractivity contribution in [3.63, 3.8) is 0 Å². The summed E-state index contributed by atoms with van der Waals surface area (Å²) < 4.78 is 10.5. The first-order chi connectivity index (χ1) is 11.6. The second kappa shape index (κ2) is 9.82. The van der Waals surface area contributed by atoms with Gasteiger partial charge in [0.2, 0.25) is 0 Å². The normalized spacial score (nSPS) is 14.0. The Morgan fingerprint density at radius 3 is 2.24 bits per heavy atom. The van der Waals surface area contributed by atoms with Gasteiger partial charge in [-0.2, -0.15) is 0 Å². The van der Waals surface area contributed by atoms with Crippen molar-refractivity contribution in [1.29, 1.82) is 0 Å². The summed E-state index contributed by atoms with van der Waals surface area (Å²) in [5.41, 5.74) is 0.997. The van der Waals surface area contributed by atoms with E-state index in [0.29, 0.717) is 6.42 Å². The van der Waals surface area contributed by atoms with Crippen LogP contribution >= 0.6 is 12.0 Å². The minimum Gasteiger partial charge on any atom is -0.467 e. The van der Waals surface area contributed by atoms with Gasteiger partial charge in [0.25, 0.3) is 5.91 Å². The number of carbonyl (C=O) groups is 2. The van der Waals surface area contributed by atoms with E-state index in [1.54, 1.807) is 0 Å². The summed E-state index contributed by atoms with van der Waals surface area (Å²) in [6.45, 7) is 9.76. The lowest BCUT2D eigenvalue weighted by Crippen LogP contribution is -2.49. The first-order valence-corrected chi connectivity index (χ1v) is 9.15. The molecule has 6 heteroatoms. The molecule has 5 nitrogen and oxygen atoms in total. The molecular weight excluding hydrogens is 338 g/mol. The molecule has 0 spiro atoms. The summed E-state index contributed by atoms with van der Waals surface area (Å²) in [6.07, 6.45) is -0.264. The van der Waals surface area contributed by atoms with Crippen molar-refractivity contribution in [1.82, 2.24) is 5.32 Å². The van der Waals surface area contributed by atoms with Crippen molar-refractivity contribution in [2.24, 2.45) is 5.92 Å². The van der Waals surface area contributed by atoms with Crippen LogP contribution in [0.2, 0.25) is 0 Å². The Morgan fingerprint density at radius 2 is 1.76 bits per heavy atom. The fourth-order valence-corrected chi connectivity index (χ4v) is 2.63. The monoisotopic (exact) mass is 367 g/mol. The molecule has 2 atom stereocenters. The largest absolute Gasteiger partial charge is 0.467 e. The molecule has 1 aromatic rings. The van der Waals surface area contributed by atoms with E-state index in [9.17, 15) is 9.59 Å². The summed E-state index contributed by atoms with van der Waals surface area (Å²) in [4.78, 5) is 24.6. The number of carbonyl (C=O) groups excluding carboxylic acids is 2. The van der Waals surface area contributed by atoms with Crippen molar-refractivity contribution in [2.75, 3.05) is 7.11 Å². The minimum absolute atomic E-state index is 0.0796. The minimum atomic E-state index is -0.697. The molecule has 0 radical (unpaired) electrons. The summed E-state index contributed by atoms with van der Waals surface area (Å²) >= 11 is 1.26. The van der Waals surface area contributed by atoms with Crippen LogP contribution in [0.3, 0.4) is 0 Å². The summed E-state index contributed by atoms with van der Waals surface area (Å²) in [7, 11) is 1.32. The molecule has 1 amide bonds. The lowest BCUT2D eigenvalue weighted by molar-refractivity contribution is -0.147. The zero-order valence-electron chi connectivity index (χ0n) is 15.9. The van der Waals surface area contributed by atoms with Gasteiger partial charge in [-0.3, -0.25) is 4.79 Å². The molecule has 0 saturated carbocycles. The number of esters is 1. The van der Waals surface area contributed by atoms with Crippen LogP contribution in [0.15, 0.2) is 30.3 Å². The second-order valence-corrected chi connectivity index (χ2v) is 8.81. The number of benzene rings is 1. The maximum atomic E-state index is 12.7. The quantitative estimate of drug-likeness (QED) is 0.564. The van der Waals surface area contributed by atoms with Crippen LogP contribution in [0.25, 0.3) is 0 Å². The van der Waals surface area contributed by atoms with Crippen molar-refractivity contribution in [3.05, 3.63) is 35.9 Å². The highest BCUT2D eigenvalue weighted by Gasteiger charge is 2.30. The van der Waals surface area contributed by atoms with E-state index >= 15 is 0 Å². The average Bonchev–Trinajstić information content (AvgIpc) is 2.55. The average molecular weight is 368 g/mol.